The van der Waals surface area contributed by atoms with Gasteiger partial charge in [-0.05, 0) is 23.8 Å². The average Bonchev–Trinajstić information content (AvgIpc) is 2.45. The molecule has 2 N–H and O–H groups in total. The summed E-state index contributed by atoms with van der Waals surface area (Å²) in [5.74, 6) is -1.34. The summed E-state index contributed by atoms with van der Waals surface area (Å²) in [4.78, 5) is 21.4. The van der Waals surface area contributed by atoms with Crippen molar-refractivity contribution in [2.45, 2.75) is 6.54 Å². The first-order valence-electron chi connectivity index (χ1n) is 5.98. The highest BCUT2D eigenvalue weighted by atomic mass is 35.5. The number of nitro benzene ring substituents is 1. The third-order valence-electron chi connectivity index (χ3n) is 2.88. The van der Waals surface area contributed by atoms with E-state index in [1.807, 2.05) is 0 Å². The second kappa shape index (κ2) is 6.23. The lowest BCUT2D eigenvalue weighted by atomic mass is 10.1. The monoisotopic (exact) mass is 306 g/mol. The topological polar surface area (TPSA) is 92.5 Å². The Morgan fingerprint density at radius 1 is 1.24 bits per heavy atom. The van der Waals surface area contributed by atoms with Crippen LogP contribution in [0.15, 0.2) is 42.5 Å². The zero-order chi connectivity index (χ0) is 15.4. The fourth-order valence-corrected chi connectivity index (χ4v) is 2.09. The van der Waals surface area contributed by atoms with E-state index in [0.29, 0.717) is 5.02 Å². The van der Waals surface area contributed by atoms with Crippen molar-refractivity contribution in [1.29, 1.82) is 0 Å². The lowest BCUT2D eigenvalue weighted by molar-refractivity contribution is -0.384. The van der Waals surface area contributed by atoms with Crippen LogP contribution in [0.25, 0.3) is 0 Å². The van der Waals surface area contributed by atoms with Gasteiger partial charge in [0.15, 0.2) is 0 Å². The number of anilines is 1. The van der Waals surface area contributed by atoms with Crippen LogP contribution < -0.4 is 5.32 Å². The molecule has 0 unspecified atom stereocenters. The van der Waals surface area contributed by atoms with E-state index in [1.165, 1.54) is 18.2 Å². The van der Waals surface area contributed by atoms with E-state index in [1.54, 1.807) is 24.3 Å². The van der Waals surface area contributed by atoms with E-state index in [0.717, 1.165) is 5.56 Å². The maximum atomic E-state index is 11.1. The van der Waals surface area contributed by atoms with E-state index in [4.69, 9.17) is 16.7 Å². The number of hydrogen-bond acceptors (Lipinski definition) is 4. The molecule has 0 amide bonds. The van der Waals surface area contributed by atoms with Gasteiger partial charge in [0.1, 0.15) is 11.3 Å². The molecular formula is C14H11ClN2O4. The minimum atomic E-state index is -1.34. The van der Waals surface area contributed by atoms with Crippen molar-refractivity contribution in [3.05, 3.63) is 68.7 Å². The maximum absolute atomic E-state index is 11.1. The number of para-hydroxylation sites is 1. The predicted octanol–water partition coefficient (Wildman–Crippen LogP) is 3.56. The van der Waals surface area contributed by atoms with Crippen molar-refractivity contribution in [3.63, 3.8) is 0 Å². The van der Waals surface area contributed by atoms with Crippen molar-refractivity contribution in [2.24, 2.45) is 0 Å². The van der Waals surface area contributed by atoms with Gasteiger partial charge in [0.2, 0.25) is 0 Å². The Morgan fingerprint density at radius 2 is 1.95 bits per heavy atom. The van der Waals surface area contributed by atoms with Crippen LogP contribution in [0.5, 0.6) is 0 Å². The molecule has 0 atom stereocenters. The van der Waals surface area contributed by atoms with E-state index in [-0.39, 0.29) is 17.8 Å². The average molecular weight is 307 g/mol. The number of benzene rings is 2. The van der Waals surface area contributed by atoms with Gasteiger partial charge in [-0.2, -0.15) is 0 Å². The van der Waals surface area contributed by atoms with Gasteiger partial charge < -0.3 is 10.4 Å². The number of carboxylic acids is 1. The SMILES string of the molecule is O=C(O)c1cccc(NCc2ccccc2Cl)c1[N+](=O)[O-]. The molecule has 6 nitrogen and oxygen atoms in total. The summed E-state index contributed by atoms with van der Waals surface area (Å²) in [5, 5.41) is 23.5. The van der Waals surface area contributed by atoms with Gasteiger partial charge in [-0.1, -0.05) is 35.9 Å². The Hall–Kier alpha value is -2.60. The van der Waals surface area contributed by atoms with Crippen LogP contribution in [-0.4, -0.2) is 16.0 Å². The van der Waals surface area contributed by atoms with Gasteiger partial charge in [0.25, 0.3) is 0 Å². The third-order valence-corrected chi connectivity index (χ3v) is 3.24. The molecule has 0 aromatic heterocycles. The number of carbonyl (C=O) groups is 1. The standard InChI is InChI=1S/C14H11ClN2O4/c15-11-6-2-1-4-9(11)8-16-12-7-3-5-10(14(18)19)13(12)17(20)21/h1-7,16H,8H2,(H,18,19). The molecule has 0 spiro atoms. The Labute approximate surface area is 125 Å². The number of nitrogens with one attached hydrogen (secondary N) is 1. The molecule has 0 bridgehead atoms. The van der Waals surface area contributed by atoms with Crippen LogP contribution in [0, 0.1) is 10.1 Å². The molecule has 0 heterocycles. The minimum absolute atomic E-state index is 0.139. The number of hydrogen-bond donors (Lipinski definition) is 2. The molecule has 0 aliphatic rings. The number of nitro groups is 1. The first-order valence-corrected chi connectivity index (χ1v) is 6.36. The van der Waals surface area contributed by atoms with Crippen molar-refractivity contribution < 1.29 is 14.8 Å². The maximum Gasteiger partial charge on any atom is 0.342 e. The smallest absolute Gasteiger partial charge is 0.342 e. The Balaban J connectivity index is 2.32. The van der Waals surface area contributed by atoms with E-state index >= 15 is 0 Å². The highest BCUT2D eigenvalue weighted by Gasteiger charge is 2.23. The molecule has 0 aliphatic heterocycles. The molecule has 2 aromatic rings. The molecule has 2 aromatic carbocycles. The van der Waals surface area contributed by atoms with E-state index in [2.05, 4.69) is 5.32 Å². The van der Waals surface area contributed by atoms with Crippen molar-refractivity contribution in [3.8, 4) is 0 Å². The number of carboxylic acid groups (broad SMARTS) is 1. The van der Waals surface area contributed by atoms with Crippen LogP contribution in [0.2, 0.25) is 5.02 Å². The summed E-state index contributed by atoms with van der Waals surface area (Å²) in [6.45, 7) is 0.254. The second-order valence-corrected chi connectivity index (χ2v) is 4.62. The molecule has 0 saturated heterocycles. The van der Waals surface area contributed by atoms with Crippen LogP contribution in [-0.2, 0) is 6.54 Å². The molecule has 0 saturated carbocycles. The molecular weight excluding hydrogens is 296 g/mol. The number of rotatable bonds is 5. The van der Waals surface area contributed by atoms with Crippen molar-refractivity contribution in [2.75, 3.05) is 5.32 Å². The Kier molecular flexibility index (Phi) is 4.39. The Morgan fingerprint density at radius 3 is 2.57 bits per heavy atom. The molecule has 0 aliphatic carbocycles. The predicted molar refractivity (Wildman–Crippen MR) is 78.8 cm³/mol. The summed E-state index contributed by atoms with van der Waals surface area (Å²) < 4.78 is 0. The zero-order valence-corrected chi connectivity index (χ0v) is 11.5. The number of aromatic carboxylic acids is 1. The van der Waals surface area contributed by atoms with Gasteiger partial charge in [-0.25, -0.2) is 4.79 Å². The zero-order valence-electron chi connectivity index (χ0n) is 10.7. The molecule has 2 rings (SSSR count). The van der Waals surface area contributed by atoms with Crippen molar-refractivity contribution in [1.82, 2.24) is 0 Å². The number of nitrogens with zero attached hydrogens (tertiary/aromatic N) is 1. The lowest BCUT2D eigenvalue weighted by Crippen LogP contribution is -2.08. The lowest BCUT2D eigenvalue weighted by Gasteiger charge is -2.09. The third kappa shape index (κ3) is 3.29. The van der Waals surface area contributed by atoms with Gasteiger partial charge >= 0.3 is 11.7 Å². The van der Waals surface area contributed by atoms with Gasteiger partial charge in [0, 0.05) is 11.6 Å². The van der Waals surface area contributed by atoms with Crippen LogP contribution >= 0.6 is 11.6 Å². The molecule has 108 valence electrons. The molecule has 0 fully saturated rings. The van der Waals surface area contributed by atoms with Gasteiger partial charge in [-0.3, -0.25) is 10.1 Å². The summed E-state index contributed by atoms with van der Waals surface area (Å²) in [6, 6.07) is 11.2. The van der Waals surface area contributed by atoms with Crippen molar-refractivity contribution >= 4 is 28.9 Å². The van der Waals surface area contributed by atoms with Gasteiger partial charge in [0.05, 0.1) is 4.92 Å². The highest BCUT2D eigenvalue weighted by molar-refractivity contribution is 6.31. The van der Waals surface area contributed by atoms with Gasteiger partial charge in [-0.15, -0.1) is 0 Å². The molecule has 7 heteroatoms. The summed E-state index contributed by atoms with van der Waals surface area (Å²) in [6.07, 6.45) is 0. The first kappa shape index (κ1) is 14.8. The van der Waals surface area contributed by atoms with Crippen LogP contribution in [0.1, 0.15) is 15.9 Å². The quantitative estimate of drug-likeness (QED) is 0.651. The molecule has 21 heavy (non-hydrogen) atoms. The first-order chi connectivity index (χ1) is 10.0. The summed E-state index contributed by atoms with van der Waals surface area (Å²) in [5.41, 5.74) is 0.0789. The van der Waals surface area contributed by atoms with E-state index < -0.39 is 16.6 Å². The normalized spacial score (nSPS) is 10.1. The molecule has 0 radical (unpaired) electrons. The number of halogens is 1. The Bertz CT molecular complexity index is 703. The van der Waals surface area contributed by atoms with E-state index in [9.17, 15) is 14.9 Å². The fourth-order valence-electron chi connectivity index (χ4n) is 1.89. The summed E-state index contributed by atoms with van der Waals surface area (Å²) >= 11 is 6.01. The minimum Gasteiger partial charge on any atom is -0.477 e. The van der Waals surface area contributed by atoms with Crippen LogP contribution in [0.3, 0.4) is 0 Å². The second-order valence-electron chi connectivity index (χ2n) is 4.21. The largest absolute Gasteiger partial charge is 0.477 e. The fraction of sp³-hybridized carbons (Fsp3) is 0.0714. The van der Waals surface area contributed by atoms with Crippen LogP contribution in [0.4, 0.5) is 11.4 Å². The summed E-state index contributed by atoms with van der Waals surface area (Å²) in [7, 11) is 0. The highest BCUT2D eigenvalue weighted by Crippen LogP contribution is 2.29.